The van der Waals surface area contributed by atoms with Crippen molar-refractivity contribution >= 4 is 38.8 Å². The first-order valence-electron chi connectivity index (χ1n) is 7.51. The zero-order valence-corrected chi connectivity index (χ0v) is 15.0. The smallest absolute Gasteiger partial charge is 0.263 e. The molecule has 0 spiro atoms. The van der Waals surface area contributed by atoms with Crippen molar-refractivity contribution in [1.29, 1.82) is 0 Å². The number of nitrogens with zero attached hydrogens (tertiary/aromatic N) is 1. The molecule has 1 heterocycles. The third kappa shape index (κ3) is 4.29. The summed E-state index contributed by atoms with van der Waals surface area (Å²) in [5, 5.41) is 3.72. The maximum atomic E-state index is 12.3. The molecule has 0 fully saturated rings. The largest absolute Gasteiger partial charge is 0.354 e. The third-order valence-electron chi connectivity index (χ3n) is 3.55. The molecule has 0 aliphatic rings. The van der Waals surface area contributed by atoms with E-state index in [4.69, 9.17) is 11.6 Å². The lowest BCUT2D eigenvalue weighted by Gasteiger charge is -2.11. The van der Waals surface area contributed by atoms with E-state index < -0.39 is 10.0 Å². The number of nitrogens with one attached hydrogen (secondary N) is 2. The quantitative estimate of drug-likeness (QED) is 0.686. The molecule has 7 heteroatoms. The van der Waals surface area contributed by atoms with Crippen LogP contribution in [0.1, 0.15) is 5.56 Å². The highest BCUT2D eigenvalue weighted by Gasteiger charge is 2.14. The second-order valence-corrected chi connectivity index (χ2v) is 7.55. The highest BCUT2D eigenvalue weighted by atomic mass is 35.5. The van der Waals surface area contributed by atoms with Gasteiger partial charge in [-0.1, -0.05) is 29.8 Å². The van der Waals surface area contributed by atoms with E-state index in [1.54, 1.807) is 18.3 Å². The summed E-state index contributed by atoms with van der Waals surface area (Å²) in [6.07, 6.45) is 1.58. The SMILES string of the molecule is Cc1ccccc1Nc1ccc(NS(=O)(=O)c2ccc(Cl)cc2)nc1. The van der Waals surface area contributed by atoms with Gasteiger partial charge in [0.05, 0.1) is 16.8 Å². The van der Waals surface area contributed by atoms with Crippen LogP contribution in [-0.2, 0) is 10.0 Å². The number of halogens is 1. The summed E-state index contributed by atoms with van der Waals surface area (Å²) in [7, 11) is -3.70. The fraction of sp³-hybridized carbons (Fsp3) is 0.0556. The molecule has 0 bridgehead atoms. The number of hydrogen-bond acceptors (Lipinski definition) is 4. The topological polar surface area (TPSA) is 71.1 Å². The maximum absolute atomic E-state index is 12.3. The molecule has 128 valence electrons. The van der Waals surface area contributed by atoms with Gasteiger partial charge in [0.2, 0.25) is 0 Å². The van der Waals surface area contributed by atoms with E-state index in [0.29, 0.717) is 5.02 Å². The lowest BCUT2D eigenvalue weighted by atomic mass is 10.2. The van der Waals surface area contributed by atoms with Gasteiger partial charge in [-0.15, -0.1) is 0 Å². The average molecular weight is 374 g/mol. The Morgan fingerprint density at radius 2 is 1.68 bits per heavy atom. The minimum Gasteiger partial charge on any atom is -0.354 e. The molecule has 1 aromatic heterocycles. The Kier molecular flexibility index (Phi) is 4.92. The van der Waals surface area contributed by atoms with Crippen molar-refractivity contribution in [3.8, 4) is 0 Å². The van der Waals surface area contributed by atoms with Crippen molar-refractivity contribution in [2.75, 3.05) is 10.0 Å². The second-order valence-electron chi connectivity index (χ2n) is 5.43. The standard InChI is InChI=1S/C18H16ClN3O2S/c1-13-4-2-3-5-17(13)21-15-8-11-18(20-12-15)22-25(23,24)16-9-6-14(19)7-10-16/h2-12,21H,1H3,(H,20,22). The van der Waals surface area contributed by atoms with Crippen molar-refractivity contribution < 1.29 is 8.42 Å². The predicted octanol–water partition coefficient (Wildman–Crippen LogP) is 4.59. The minimum atomic E-state index is -3.70. The molecule has 2 aromatic carbocycles. The molecule has 0 radical (unpaired) electrons. The molecule has 3 aromatic rings. The van der Waals surface area contributed by atoms with E-state index >= 15 is 0 Å². The van der Waals surface area contributed by atoms with Crippen LogP contribution in [0.25, 0.3) is 0 Å². The van der Waals surface area contributed by atoms with Gasteiger partial charge >= 0.3 is 0 Å². The van der Waals surface area contributed by atoms with Crippen molar-refractivity contribution in [2.24, 2.45) is 0 Å². The molecular formula is C18H16ClN3O2S. The number of hydrogen-bond donors (Lipinski definition) is 2. The lowest BCUT2D eigenvalue weighted by Crippen LogP contribution is -2.13. The van der Waals surface area contributed by atoms with Gasteiger partial charge in [-0.25, -0.2) is 13.4 Å². The van der Waals surface area contributed by atoms with Crippen LogP contribution in [0.5, 0.6) is 0 Å². The van der Waals surface area contributed by atoms with Crippen LogP contribution >= 0.6 is 11.6 Å². The number of aryl methyl sites for hydroxylation is 1. The van der Waals surface area contributed by atoms with Gasteiger partial charge in [0.25, 0.3) is 10.0 Å². The maximum Gasteiger partial charge on any atom is 0.263 e. The molecule has 0 aliphatic carbocycles. The summed E-state index contributed by atoms with van der Waals surface area (Å²) in [5.74, 6) is 0.241. The zero-order chi connectivity index (χ0) is 17.9. The first kappa shape index (κ1) is 17.3. The Morgan fingerprint density at radius 1 is 0.960 bits per heavy atom. The normalized spacial score (nSPS) is 11.1. The Balaban J connectivity index is 1.74. The van der Waals surface area contributed by atoms with E-state index in [0.717, 1.165) is 16.9 Å². The summed E-state index contributed by atoms with van der Waals surface area (Å²) in [5.41, 5.74) is 2.84. The summed E-state index contributed by atoms with van der Waals surface area (Å²) >= 11 is 5.78. The van der Waals surface area contributed by atoms with Crippen LogP contribution in [0.4, 0.5) is 17.2 Å². The monoisotopic (exact) mass is 373 g/mol. The molecule has 5 nitrogen and oxygen atoms in total. The second kappa shape index (κ2) is 7.13. The summed E-state index contributed by atoms with van der Waals surface area (Å²) < 4.78 is 27.1. The van der Waals surface area contributed by atoms with Crippen LogP contribution in [0.3, 0.4) is 0 Å². The van der Waals surface area contributed by atoms with E-state index in [-0.39, 0.29) is 10.7 Å². The van der Waals surface area contributed by atoms with E-state index in [1.807, 2.05) is 31.2 Å². The van der Waals surface area contributed by atoms with Crippen molar-refractivity contribution in [1.82, 2.24) is 4.98 Å². The van der Waals surface area contributed by atoms with Gasteiger partial charge in [0.15, 0.2) is 0 Å². The number of benzene rings is 2. The molecule has 0 amide bonds. The number of sulfonamides is 1. The molecule has 0 atom stereocenters. The molecule has 0 saturated carbocycles. The van der Waals surface area contributed by atoms with Crippen molar-refractivity contribution in [2.45, 2.75) is 11.8 Å². The van der Waals surface area contributed by atoms with Crippen LogP contribution in [0, 0.1) is 6.92 Å². The molecular weight excluding hydrogens is 358 g/mol. The van der Waals surface area contributed by atoms with Crippen LogP contribution in [-0.4, -0.2) is 13.4 Å². The number of para-hydroxylation sites is 1. The number of rotatable bonds is 5. The summed E-state index contributed by atoms with van der Waals surface area (Å²) in [6, 6.07) is 17.2. The highest BCUT2D eigenvalue weighted by Crippen LogP contribution is 2.21. The first-order chi connectivity index (χ1) is 11.9. The molecule has 0 saturated heterocycles. The van der Waals surface area contributed by atoms with Crippen molar-refractivity contribution in [3.63, 3.8) is 0 Å². The van der Waals surface area contributed by atoms with Crippen molar-refractivity contribution in [3.05, 3.63) is 77.4 Å². The Bertz CT molecular complexity index is 972. The van der Waals surface area contributed by atoms with Gasteiger partial charge in [0, 0.05) is 10.7 Å². The van der Waals surface area contributed by atoms with Gasteiger partial charge < -0.3 is 5.32 Å². The third-order valence-corrected chi connectivity index (χ3v) is 5.17. The molecule has 0 unspecified atom stereocenters. The van der Waals surface area contributed by atoms with E-state index in [1.165, 1.54) is 24.3 Å². The number of pyridine rings is 1. The average Bonchev–Trinajstić information content (AvgIpc) is 2.59. The number of anilines is 3. The van der Waals surface area contributed by atoms with Gasteiger partial charge in [0.1, 0.15) is 5.82 Å². The Hall–Kier alpha value is -2.57. The molecule has 0 aliphatic heterocycles. The fourth-order valence-electron chi connectivity index (χ4n) is 2.21. The summed E-state index contributed by atoms with van der Waals surface area (Å²) in [4.78, 5) is 4.28. The molecule has 3 rings (SSSR count). The van der Waals surface area contributed by atoms with Gasteiger partial charge in [-0.05, 0) is 55.0 Å². The van der Waals surface area contributed by atoms with Crippen LogP contribution in [0.15, 0.2) is 71.8 Å². The minimum absolute atomic E-state index is 0.126. The van der Waals surface area contributed by atoms with Gasteiger partial charge in [-0.2, -0.15) is 0 Å². The molecule has 25 heavy (non-hydrogen) atoms. The molecule has 2 N–H and O–H groups in total. The van der Waals surface area contributed by atoms with Crippen LogP contribution < -0.4 is 10.0 Å². The first-order valence-corrected chi connectivity index (χ1v) is 9.37. The van der Waals surface area contributed by atoms with Gasteiger partial charge in [-0.3, -0.25) is 4.72 Å². The summed E-state index contributed by atoms with van der Waals surface area (Å²) in [6.45, 7) is 2.00. The van der Waals surface area contributed by atoms with Crippen LogP contribution in [0.2, 0.25) is 5.02 Å². The lowest BCUT2D eigenvalue weighted by molar-refractivity contribution is 0.601. The number of aromatic nitrogens is 1. The van der Waals surface area contributed by atoms with E-state index in [2.05, 4.69) is 15.0 Å². The Labute approximate surface area is 151 Å². The fourth-order valence-corrected chi connectivity index (χ4v) is 3.34. The van der Waals surface area contributed by atoms with E-state index in [9.17, 15) is 8.42 Å². The predicted molar refractivity (Wildman–Crippen MR) is 101 cm³/mol. The zero-order valence-electron chi connectivity index (χ0n) is 13.4. The Morgan fingerprint density at radius 3 is 2.32 bits per heavy atom. The highest BCUT2D eigenvalue weighted by molar-refractivity contribution is 7.92.